The van der Waals surface area contributed by atoms with Crippen molar-refractivity contribution in [1.29, 1.82) is 0 Å². The third-order valence-corrected chi connectivity index (χ3v) is 4.29. The first-order valence-corrected chi connectivity index (χ1v) is 8.39. The molecule has 8 heteroatoms. The molecule has 24 heavy (non-hydrogen) atoms. The van der Waals surface area contributed by atoms with Gasteiger partial charge < -0.3 is 28.8 Å². The Morgan fingerprint density at radius 3 is 2.33 bits per heavy atom. The van der Waals surface area contributed by atoms with Crippen molar-refractivity contribution in [2.75, 3.05) is 39.6 Å². The average molecular weight is 346 g/mol. The van der Waals surface area contributed by atoms with E-state index >= 15 is 0 Å². The zero-order valence-corrected chi connectivity index (χ0v) is 13.8. The Balaban J connectivity index is 1.47. The molecule has 0 aromatic heterocycles. The van der Waals surface area contributed by atoms with Gasteiger partial charge in [0.25, 0.3) is 6.47 Å². The van der Waals surface area contributed by atoms with E-state index in [2.05, 4.69) is 4.74 Å². The van der Waals surface area contributed by atoms with Gasteiger partial charge in [-0.2, -0.15) is 0 Å². The summed E-state index contributed by atoms with van der Waals surface area (Å²) in [5, 5.41) is 9.49. The zero-order chi connectivity index (χ0) is 17.2. The molecule has 0 aromatic carbocycles. The minimum Gasteiger partial charge on any atom is -0.465 e. The van der Waals surface area contributed by atoms with Crippen LogP contribution in [0.3, 0.4) is 0 Å². The van der Waals surface area contributed by atoms with Crippen LogP contribution in [0.15, 0.2) is 0 Å². The number of rotatable bonds is 11. The summed E-state index contributed by atoms with van der Waals surface area (Å²) in [6.07, 6.45) is 2.61. The van der Waals surface area contributed by atoms with Gasteiger partial charge in [-0.1, -0.05) is 0 Å². The van der Waals surface area contributed by atoms with Crippen molar-refractivity contribution in [2.24, 2.45) is 11.8 Å². The fraction of sp³-hybridized carbons (Fsp3) is 0.875. The number of cyclic esters (lactones) is 2. The molecule has 1 N–H and O–H groups in total. The summed E-state index contributed by atoms with van der Waals surface area (Å²) < 4.78 is 25.2. The lowest BCUT2D eigenvalue weighted by Gasteiger charge is -2.28. The molecule has 138 valence electrons. The molecule has 2 unspecified atom stereocenters. The number of hydrogen-bond acceptors (Lipinski definition) is 8. The van der Waals surface area contributed by atoms with Crippen LogP contribution >= 0.6 is 0 Å². The Kier molecular flexibility index (Phi) is 8.27. The van der Waals surface area contributed by atoms with Gasteiger partial charge in [0.1, 0.15) is 19.3 Å². The quantitative estimate of drug-likeness (QED) is 0.435. The van der Waals surface area contributed by atoms with E-state index in [0.29, 0.717) is 38.1 Å². The Labute approximate surface area is 141 Å². The van der Waals surface area contributed by atoms with Gasteiger partial charge in [0.05, 0.1) is 13.2 Å². The summed E-state index contributed by atoms with van der Waals surface area (Å²) in [7, 11) is 0. The SMILES string of the molecule is O=COCC(O)COCC1CCC(COCC2COC(=O)O2)CC1. The summed E-state index contributed by atoms with van der Waals surface area (Å²) in [6, 6.07) is 0. The summed E-state index contributed by atoms with van der Waals surface area (Å²) in [4.78, 5) is 20.8. The first kappa shape index (κ1) is 19.0. The van der Waals surface area contributed by atoms with E-state index in [1.54, 1.807) is 0 Å². The average Bonchev–Trinajstić information content (AvgIpc) is 3.00. The van der Waals surface area contributed by atoms with E-state index in [1.807, 2.05) is 0 Å². The second-order valence-electron chi connectivity index (χ2n) is 6.35. The molecule has 8 nitrogen and oxygen atoms in total. The number of ether oxygens (including phenoxy) is 5. The van der Waals surface area contributed by atoms with E-state index in [9.17, 15) is 14.7 Å². The van der Waals surface area contributed by atoms with Gasteiger partial charge in [0.15, 0.2) is 6.10 Å². The fourth-order valence-corrected chi connectivity index (χ4v) is 2.95. The minimum atomic E-state index is -0.770. The minimum absolute atomic E-state index is 0.0328. The van der Waals surface area contributed by atoms with E-state index < -0.39 is 12.3 Å². The highest BCUT2D eigenvalue weighted by molar-refractivity contribution is 5.61. The molecule has 0 aromatic rings. The number of aliphatic hydroxyl groups is 1. The summed E-state index contributed by atoms with van der Waals surface area (Å²) in [6.45, 7) is 2.40. The van der Waals surface area contributed by atoms with Gasteiger partial charge in [-0.25, -0.2) is 4.79 Å². The Morgan fingerprint density at radius 2 is 1.75 bits per heavy atom. The Hall–Kier alpha value is -1.38. The second kappa shape index (κ2) is 10.5. The zero-order valence-electron chi connectivity index (χ0n) is 13.8. The monoisotopic (exact) mass is 346 g/mol. The third-order valence-electron chi connectivity index (χ3n) is 4.29. The molecule has 1 saturated carbocycles. The molecular formula is C16H26O8. The molecule has 2 rings (SSSR count). The largest absolute Gasteiger partial charge is 0.508 e. The molecular weight excluding hydrogens is 320 g/mol. The van der Waals surface area contributed by atoms with Gasteiger partial charge >= 0.3 is 6.16 Å². The van der Waals surface area contributed by atoms with Crippen molar-refractivity contribution in [2.45, 2.75) is 37.9 Å². The van der Waals surface area contributed by atoms with Crippen molar-refractivity contribution < 1.29 is 38.4 Å². The maximum absolute atomic E-state index is 10.8. The summed E-state index contributed by atoms with van der Waals surface area (Å²) >= 11 is 0. The first-order chi connectivity index (χ1) is 11.7. The smallest absolute Gasteiger partial charge is 0.465 e. The molecule has 2 atom stereocenters. The molecule has 0 radical (unpaired) electrons. The highest BCUT2D eigenvalue weighted by atomic mass is 16.8. The van der Waals surface area contributed by atoms with E-state index in [-0.39, 0.29) is 25.9 Å². The second-order valence-corrected chi connectivity index (χ2v) is 6.35. The van der Waals surface area contributed by atoms with Crippen LogP contribution in [-0.4, -0.2) is 69.6 Å². The van der Waals surface area contributed by atoms with Crippen molar-refractivity contribution >= 4 is 12.6 Å². The standard InChI is InChI=1S/C16H26O8/c17-11-22-8-14(18)7-20-5-12-1-3-13(4-2-12)6-21-9-15-10-23-16(19)24-15/h11-15,18H,1-10H2. The molecule has 1 heterocycles. The molecule has 0 spiro atoms. The molecule has 1 aliphatic heterocycles. The van der Waals surface area contributed by atoms with E-state index in [0.717, 1.165) is 25.7 Å². The van der Waals surface area contributed by atoms with Gasteiger partial charge in [0.2, 0.25) is 0 Å². The van der Waals surface area contributed by atoms with Crippen LogP contribution in [-0.2, 0) is 28.5 Å². The van der Waals surface area contributed by atoms with Crippen LogP contribution in [0.4, 0.5) is 4.79 Å². The lowest BCUT2D eigenvalue weighted by molar-refractivity contribution is -0.132. The molecule has 1 saturated heterocycles. The maximum atomic E-state index is 10.8. The van der Waals surface area contributed by atoms with Gasteiger partial charge in [0, 0.05) is 13.2 Å². The first-order valence-electron chi connectivity index (χ1n) is 8.39. The van der Waals surface area contributed by atoms with Crippen molar-refractivity contribution in [3.63, 3.8) is 0 Å². The van der Waals surface area contributed by atoms with Crippen molar-refractivity contribution in [3.8, 4) is 0 Å². The molecule has 0 amide bonds. The summed E-state index contributed by atoms with van der Waals surface area (Å²) in [5.74, 6) is 1.01. The number of hydrogen-bond donors (Lipinski definition) is 1. The topological polar surface area (TPSA) is 101 Å². The van der Waals surface area contributed by atoms with Gasteiger partial charge in [-0.05, 0) is 37.5 Å². The molecule has 2 aliphatic rings. The van der Waals surface area contributed by atoms with Crippen LogP contribution in [0.25, 0.3) is 0 Å². The predicted molar refractivity (Wildman–Crippen MR) is 81.3 cm³/mol. The Morgan fingerprint density at radius 1 is 1.08 bits per heavy atom. The Bertz CT molecular complexity index is 380. The predicted octanol–water partition coefficient (Wildman–Crippen LogP) is 0.895. The van der Waals surface area contributed by atoms with E-state index in [4.69, 9.17) is 18.9 Å². The highest BCUT2D eigenvalue weighted by Gasteiger charge is 2.26. The highest BCUT2D eigenvalue weighted by Crippen LogP contribution is 2.29. The van der Waals surface area contributed by atoms with Crippen LogP contribution in [0.2, 0.25) is 0 Å². The van der Waals surface area contributed by atoms with Gasteiger partial charge in [-0.15, -0.1) is 0 Å². The lowest BCUT2D eigenvalue weighted by atomic mass is 9.83. The normalized spacial score (nSPS) is 28.0. The molecule has 2 fully saturated rings. The maximum Gasteiger partial charge on any atom is 0.508 e. The van der Waals surface area contributed by atoms with Crippen LogP contribution in [0.1, 0.15) is 25.7 Å². The number of aliphatic hydroxyl groups excluding tert-OH is 1. The van der Waals surface area contributed by atoms with Gasteiger partial charge in [-0.3, -0.25) is 4.79 Å². The molecule has 0 bridgehead atoms. The van der Waals surface area contributed by atoms with E-state index in [1.165, 1.54) is 0 Å². The number of carbonyl (C=O) groups excluding carboxylic acids is 2. The molecule has 1 aliphatic carbocycles. The van der Waals surface area contributed by atoms with Crippen molar-refractivity contribution in [1.82, 2.24) is 0 Å². The van der Waals surface area contributed by atoms with Crippen LogP contribution in [0, 0.1) is 11.8 Å². The fourth-order valence-electron chi connectivity index (χ4n) is 2.95. The third kappa shape index (κ3) is 7.02. The number of carbonyl (C=O) groups is 2. The van der Waals surface area contributed by atoms with Crippen LogP contribution in [0.5, 0.6) is 0 Å². The summed E-state index contributed by atoms with van der Waals surface area (Å²) in [5.41, 5.74) is 0. The van der Waals surface area contributed by atoms with Crippen molar-refractivity contribution in [3.05, 3.63) is 0 Å². The van der Waals surface area contributed by atoms with Crippen LogP contribution < -0.4 is 0 Å². The lowest BCUT2D eigenvalue weighted by Crippen LogP contribution is -2.26.